The second-order valence-corrected chi connectivity index (χ2v) is 13.8. The van der Waals surface area contributed by atoms with Gasteiger partial charge in [0.1, 0.15) is 0 Å². The van der Waals surface area contributed by atoms with Crippen LogP contribution in [0.15, 0.2) is 176 Å². The van der Waals surface area contributed by atoms with Crippen molar-refractivity contribution in [1.29, 1.82) is 0 Å². The number of nitrogens with one attached hydrogen (secondary N) is 3. The highest BCUT2D eigenvalue weighted by Gasteiger charge is 2.14. The number of aromatic amines is 3. The van der Waals surface area contributed by atoms with Crippen molar-refractivity contribution in [2.75, 3.05) is 4.90 Å². The smallest absolute Gasteiger partial charge is 0.0658 e. The predicted molar refractivity (Wildman–Crippen MR) is 235 cm³/mol. The third-order valence-electron chi connectivity index (χ3n) is 10.0. The lowest BCUT2D eigenvalue weighted by Crippen LogP contribution is -2.09. The molecule has 0 saturated carbocycles. The molecule has 8 bridgehead atoms. The van der Waals surface area contributed by atoms with E-state index in [9.17, 15) is 0 Å². The van der Waals surface area contributed by atoms with Crippen LogP contribution in [-0.4, -0.2) is 24.9 Å². The Labute approximate surface area is 323 Å². The van der Waals surface area contributed by atoms with Crippen LogP contribution in [0.5, 0.6) is 0 Å². The van der Waals surface area contributed by atoms with E-state index in [0.717, 1.165) is 67.0 Å². The first-order valence-corrected chi connectivity index (χ1v) is 18.7. The van der Waals surface area contributed by atoms with Crippen LogP contribution >= 0.6 is 0 Å². The Morgan fingerprint density at radius 1 is 0.339 bits per heavy atom. The number of hydrogen-bond donors (Lipinski definition) is 3. The molecule has 9 aromatic rings. The molecule has 0 radical (unpaired) electrons. The second-order valence-electron chi connectivity index (χ2n) is 13.8. The molecule has 4 aromatic heterocycles. The maximum atomic E-state index is 4.86. The number of rotatable bonds is 4. The Morgan fingerprint density at radius 3 is 1.43 bits per heavy atom. The molecule has 3 N–H and O–H groups in total. The molecular weight excluding hydrogens is 685 g/mol. The van der Waals surface area contributed by atoms with E-state index in [1.54, 1.807) is 0 Å². The van der Waals surface area contributed by atoms with Gasteiger partial charge in [0, 0.05) is 66.5 Å². The Morgan fingerprint density at radius 2 is 0.839 bits per heavy atom. The van der Waals surface area contributed by atoms with E-state index in [2.05, 4.69) is 184 Å². The molecule has 0 aliphatic carbocycles. The van der Waals surface area contributed by atoms with Gasteiger partial charge in [-0.1, -0.05) is 91.0 Å². The summed E-state index contributed by atoms with van der Waals surface area (Å²) in [5.74, 6) is 0. The van der Waals surface area contributed by atoms with Gasteiger partial charge in [-0.25, -0.2) is 9.97 Å². The summed E-state index contributed by atoms with van der Waals surface area (Å²) in [7, 11) is 0. The van der Waals surface area contributed by atoms with Gasteiger partial charge in [-0.2, -0.15) is 0 Å². The van der Waals surface area contributed by atoms with Crippen LogP contribution < -0.4 is 4.90 Å². The summed E-state index contributed by atoms with van der Waals surface area (Å²) in [6, 6.07) is 60.9. The van der Waals surface area contributed by atoms with Crippen molar-refractivity contribution in [2.24, 2.45) is 0 Å². The molecule has 0 saturated heterocycles. The first-order valence-electron chi connectivity index (χ1n) is 18.7. The molecule has 11 rings (SSSR count). The third-order valence-corrected chi connectivity index (χ3v) is 10.0. The first kappa shape index (κ1) is 32.9. The molecule has 0 fully saturated rings. The number of benzene rings is 5. The highest BCUT2D eigenvalue weighted by atomic mass is 15.1. The number of hydrogen-bond acceptors (Lipinski definition) is 3. The Hall–Kier alpha value is -7.70. The van der Waals surface area contributed by atoms with Crippen LogP contribution in [0.4, 0.5) is 17.1 Å². The van der Waals surface area contributed by atoms with E-state index < -0.39 is 0 Å². The van der Waals surface area contributed by atoms with Crippen molar-refractivity contribution in [2.45, 2.75) is 0 Å². The molecule has 6 heteroatoms. The fraction of sp³-hybridized carbons (Fsp3) is 0. The molecule has 2 aliphatic rings. The zero-order chi connectivity index (χ0) is 37.3. The minimum absolute atomic E-state index is 0.906. The summed E-state index contributed by atoms with van der Waals surface area (Å²) >= 11 is 0. The second kappa shape index (κ2) is 14.3. The van der Waals surface area contributed by atoms with E-state index >= 15 is 0 Å². The highest BCUT2D eigenvalue weighted by Crippen LogP contribution is 2.36. The maximum Gasteiger partial charge on any atom is 0.0658 e. The van der Waals surface area contributed by atoms with Gasteiger partial charge in [0.05, 0.1) is 28.3 Å². The molecule has 0 amide bonds. The maximum absolute atomic E-state index is 4.86. The number of para-hydroxylation sites is 5. The molecular formula is C50H36N6. The number of anilines is 3. The SMILES string of the molecule is C1=Cc2cc3cc(-c4cccc5c4[nH]c4ccccc45)c(cc4nc(cc5ccc(cc1n2)[nH]5)C=C4)[nH]3.c1ccc(N(c2ccccc2)c2ccccc2)cc1. The number of fused-ring (bicyclic) bond motifs is 11. The molecule has 56 heavy (non-hydrogen) atoms. The van der Waals surface area contributed by atoms with Crippen LogP contribution in [0.3, 0.4) is 0 Å². The van der Waals surface area contributed by atoms with E-state index in [4.69, 9.17) is 9.97 Å². The summed E-state index contributed by atoms with van der Waals surface area (Å²) < 4.78 is 0. The van der Waals surface area contributed by atoms with Crippen molar-refractivity contribution < 1.29 is 0 Å². The molecule has 0 atom stereocenters. The highest BCUT2D eigenvalue weighted by molar-refractivity contribution is 6.13. The fourth-order valence-corrected chi connectivity index (χ4v) is 7.52. The third kappa shape index (κ3) is 6.57. The monoisotopic (exact) mass is 720 g/mol. The molecule has 0 unspecified atom stereocenters. The minimum atomic E-state index is 0.906. The van der Waals surface area contributed by atoms with Crippen LogP contribution in [0.1, 0.15) is 22.8 Å². The van der Waals surface area contributed by atoms with Gasteiger partial charge in [-0.3, -0.25) is 0 Å². The van der Waals surface area contributed by atoms with Crippen molar-refractivity contribution in [3.8, 4) is 11.1 Å². The molecule has 5 aromatic carbocycles. The predicted octanol–water partition coefficient (Wildman–Crippen LogP) is 13.1. The van der Waals surface area contributed by atoms with Crippen LogP contribution in [-0.2, 0) is 0 Å². The topological polar surface area (TPSA) is 76.4 Å². The number of H-pyrrole nitrogens is 3. The van der Waals surface area contributed by atoms with E-state index in [0.29, 0.717) is 0 Å². The number of aromatic nitrogens is 5. The van der Waals surface area contributed by atoms with E-state index in [1.807, 2.05) is 36.4 Å². The van der Waals surface area contributed by atoms with Crippen LogP contribution in [0, 0.1) is 0 Å². The van der Waals surface area contributed by atoms with Gasteiger partial charge in [0.2, 0.25) is 0 Å². The van der Waals surface area contributed by atoms with Crippen molar-refractivity contribution >= 4 is 85.2 Å². The normalized spacial score (nSPS) is 11.8. The standard InChI is InChI=1S/C32H21N5.C18H15N/c1-2-7-30-26(4-1)27-5-3-6-28(32(27)37-30)29-17-25-16-23-11-10-21(34-23)14-19-8-9-20(33-19)15-22-12-13-24(35-22)18-31(29)36-25;1-4-10-16(11-5-1)19(17-12-6-2-7-13-17)18-14-8-3-9-15-18/h1-18,33,36-37H;1-15H. The largest absolute Gasteiger partial charge is 0.355 e. The zero-order valence-electron chi connectivity index (χ0n) is 30.4. The van der Waals surface area contributed by atoms with Gasteiger partial charge < -0.3 is 19.9 Å². The summed E-state index contributed by atoms with van der Waals surface area (Å²) in [5, 5.41) is 2.45. The Balaban J connectivity index is 0.000000170. The average Bonchev–Trinajstić information content (AvgIpc) is 4.10. The fourth-order valence-electron chi connectivity index (χ4n) is 7.52. The van der Waals surface area contributed by atoms with Gasteiger partial charge in [0.15, 0.2) is 0 Å². The van der Waals surface area contributed by atoms with Crippen LogP contribution in [0.2, 0.25) is 0 Å². The molecule has 6 nitrogen and oxygen atoms in total. The summed E-state index contributed by atoms with van der Waals surface area (Å²) in [4.78, 5) is 22.6. The summed E-state index contributed by atoms with van der Waals surface area (Å²) in [6.07, 6.45) is 8.20. The van der Waals surface area contributed by atoms with E-state index in [1.165, 1.54) is 27.8 Å². The zero-order valence-corrected chi connectivity index (χ0v) is 30.4. The lowest BCUT2D eigenvalue weighted by Gasteiger charge is -2.25. The van der Waals surface area contributed by atoms with Crippen LogP contribution in [0.25, 0.3) is 79.3 Å². The molecule has 2 aliphatic heterocycles. The van der Waals surface area contributed by atoms with E-state index in [-0.39, 0.29) is 0 Å². The lowest BCUT2D eigenvalue weighted by molar-refractivity contribution is 1.28. The number of nitrogens with zero attached hydrogens (tertiary/aromatic N) is 3. The molecule has 0 spiro atoms. The van der Waals surface area contributed by atoms with Crippen molar-refractivity contribution in [1.82, 2.24) is 24.9 Å². The van der Waals surface area contributed by atoms with Gasteiger partial charge in [-0.15, -0.1) is 0 Å². The molecule has 6 heterocycles. The van der Waals surface area contributed by atoms with Crippen molar-refractivity contribution in [3.05, 3.63) is 199 Å². The van der Waals surface area contributed by atoms with Gasteiger partial charge in [-0.05, 0) is 109 Å². The summed E-state index contributed by atoms with van der Waals surface area (Å²) in [5.41, 5.74) is 15.7. The van der Waals surface area contributed by atoms with Gasteiger partial charge in [0.25, 0.3) is 0 Å². The van der Waals surface area contributed by atoms with Gasteiger partial charge >= 0.3 is 0 Å². The summed E-state index contributed by atoms with van der Waals surface area (Å²) in [6.45, 7) is 0. The van der Waals surface area contributed by atoms with Crippen molar-refractivity contribution in [3.63, 3.8) is 0 Å². The quantitative estimate of drug-likeness (QED) is 0.169. The Bertz CT molecular complexity index is 2990. The first-order chi connectivity index (χ1) is 27.7. The molecule has 266 valence electrons. The lowest BCUT2D eigenvalue weighted by atomic mass is 10.0. The Kier molecular flexibility index (Phi) is 8.39. The average molecular weight is 721 g/mol. The minimum Gasteiger partial charge on any atom is -0.355 e.